The summed E-state index contributed by atoms with van der Waals surface area (Å²) in [5.41, 5.74) is 0.534. The number of nitrogens with one attached hydrogen (secondary N) is 1. The third kappa shape index (κ3) is 10.4. The summed E-state index contributed by atoms with van der Waals surface area (Å²) in [6, 6.07) is 6.23. The Morgan fingerprint density at radius 3 is 2.36 bits per heavy atom. The highest BCUT2D eigenvalue weighted by Gasteiger charge is 2.40. The molecule has 1 aliphatic heterocycles. The van der Waals surface area contributed by atoms with Gasteiger partial charge >= 0.3 is 12.1 Å². The van der Waals surface area contributed by atoms with Crippen molar-refractivity contribution in [2.75, 3.05) is 46.5 Å². The molecule has 3 atom stereocenters. The molecule has 47 heavy (non-hydrogen) atoms. The maximum absolute atomic E-state index is 13.8. The molecule has 1 saturated carbocycles. The fourth-order valence-electron chi connectivity index (χ4n) is 5.38. The number of unbranched alkanes of at least 4 members (excludes halogenated alkanes) is 1. The van der Waals surface area contributed by atoms with E-state index in [0.29, 0.717) is 24.5 Å². The van der Waals surface area contributed by atoms with E-state index in [4.69, 9.17) is 14.2 Å². The molecule has 3 amide bonds. The van der Waals surface area contributed by atoms with Crippen molar-refractivity contribution in [1.29, 1.82) is 0 Å². The number of nitrogens with zero attached hydrogens (tertiary/aromatic N) is 4. The van der Waals surface area contributed by atoms with Crippen LogP contribution < -0.4 is 5.32 Å². The summed E-state index contributed by atoms with van der Waals surface area (Å²) in [5.74, 6) is -1.32. The lowest BCUT2D eigenvalue weighted by atomic mass is 10.1. The molecule has 2 aromatic rings. The molecule has 1 unspecified atom stereocenters. The summed E-state index contributed by atoms with van der Waals surface area (Å²) in [4.78, 5) is 64.9. The van der Waals surface area contributed by atoms with E-state index in [1.807, 2.05) is 6.92 Å². The van der Waals surface area contributed by atoms with Gasteiger partial charge in [-0.25, -0.2) is 19.2 Å². The molecular formula is C34H46FN5O7. The lowest BCUT2D eigenvalue weighted by Gasteiger charge is -2.36. The second-order valence-corrected chi connectivity index (χ2v) is 13.0. The minimum absolute atomic E-state index is 0.0000578. The first kappa shape index (κ1) is 35.7. The Morgan fingerprint density at radius 2 is 1.72 bits per heavy atom. The van der Waals surface area contributed by atoms with Crippen molar-refractivity contribution in [1.82, 2.24) is 25.1 Å². The Balaban J connectivity index is 1.53. The van der Waals surface area contributed by atoms with Crippen LogP contribution in [0.4, 0.5) is 9.18 Å². The van der Waals surface area contributed by atoms with Crippen molar-refractivity contribution in [3.8, 4) is 11.4 Å². The Morgan fingerprint density at radius 1 is 1.04 bits per heavy atom. The first-order valence-corrected chi connectivity index (χ1v) is 16.3. The van der Waals surface area contributed by atoms with Gasteiger partial charge in [0.1, 0.15) is 23.2 Å². The Hall–Kier alpha value is -4.13. The molecule has 1 aromatic carbocycles. The molecule has 2 aliphatic rings. The summed E-state index contributed by atoms with van der Waals surface area (Å²) < 4.78 is 29.7. The molecule has 1 aromatic heterocycles. The molecule has 256 valence electrons. The molecule has 1 saturated heterocycles. The van der Waals surface area contributed by atoms with Gasteiger partial charge in [0.25, 0.3) is 5.91 Å². The van der Waals surface area contributed by atoms with Gasteiger partial charge in [-0.05, 0) is 76.3 Å². The van der Waals surface area contributed by atoms with Crippen LogP contribution in [0.2, 0.25) is 0 Å². The fourth-order valence-corrected chi connectivity index (χ4v) is 5.38. The third-order valence-corrected chi connectivity index (χ3v) is 8.00. The largest absolute Gasteiger partial charge is 0.460 e. The van der Waals surface area contributed by atoms with E-state index in [1.54, 1.807) is 55.9 Å². The number of hydrogen-bond donors (Lipinski definition) is 1. The highest BCUT2D eigenvalue weighted by atomic mass is 19.1. The smallest absolute Gasteiger partial charge is 0.409 e. The SMILES string of the molecule is CCCCOC(=O)N1CCN(C(=O)C(CCC(=O)OC(C)(C)C)NC(=O)c2cc([C@H]3C[C@@H]3COC)nc(-c3ccc(F)cc3)n2)CC1. The maximum atomic E-state index is 13.8. The number of carbonyl (C=O) groups is 4. The minimum atomic E-state index is -1.06. The predicted molar refractivity (Wildman–Crippen MR) is 171 cm³/mol. The molecule has 1 N–H and O–H groups in total. The number of methoxy groups -OCH3 is 1. The van der Waals surface area contributed by atoms with Crippen molar-refractivity contribution in [2.24, 2.45) is 5.92 Å². The summed E-state index contributed by atoms with van der Waals surface area (Å²) in [5, 5.41) is 2.81. The van der Waals surface area contributed by atoms with Crippen LogP contribution in [0.1, 0.15) is 81.9 Å². The van der Waals surface area contributed by atoms with Crippen molar-refractivity contribution in [3.05, 3.63) is 47.5 Å². The number of carbonyl (C=O) groups excluding carboxylic acids is 4. The molecular weight excluding hydrogens is 609 g/mol. The highest BCUT2D eigenvalue weighted by Crippen LogP contribution is 2.47. The average molecular weight is 656 g/mol. The van der Waals surface area contributed by atoms with Gasteiger partial charge in [-0.1, -0.05) is 13.3 Å². The molecule has 2 heterocycles. The lowest BCUT2D eigenvalue weighted by Crippen LogP contribution is -2.56. The van der Waals surface area contributed by atoms with E-state index in [0.717, 1.165) is 19.3 Å². The van der Waals surface area contributed by atoms with Crippen LogP contribution in [0.15, 0.2) is 30.3 Å². The summed E-state index contributed by atoms with van der Waals surface area (Å²) in [6.07, 6.45) is 2.00. The van der Waals surface area contributed by atoms with Gasteiger partial charge in [0.2, 0.25) is 5.91 Å². The molecule has 2 fully saturated rings. The summed E-state index contributed by atoms with van der Waals surface area (Å²) >= 11 is 0. The normalized spacial score (nSPS) is 18.3. The first-order valence-electron chi connectivity index (χ1n) is 16.3. The molecule has 4 rings (SSSR count). The van der Waals surface area contributed by atoms with Gasteiger partial charge in [-0.15, -0.1) is 0 Å². The minimum Gasteiger partial charge on any atom is -0.460 e. The molecule has 0 bridgehead atoms. The molecule has 0 radical (unpaired) electrons. The number of esters is 1. The number of amides is 3. The van der Waals surface area contributed by atoms with Crippen molar-refractivity contribution >= 4 is 23.9 Å². The van der Waals surface area contributed by atoms with Crippen LogP contribution in [0.25, 0.3) is 11.4 Å². The number of ether oxygens (including phenoxy) is 3. The van der Waals surface area contributed by atoms with Crippen molar-refractivity contribution < 1.29 is 37.8 Å². The average Bonchev–Trinajstić information content (AvgIpc) is 3.81. The van der Waals surface area contributed by atoms with Gasteiger partial charge in [-0.2, -0.15) is 0 Å². The third-order valence-electron chi connectivity index (χ3n) is 8.00. The Kier molecular flexibility index (Phi) is 12.3. The number of piperazine rings is 1. The van der Waals surface area contributed by atoms with Gasteiger partial charge < -0.3 is 29.3 Å². The maximum Gasteiger partial charge on any atom is 0.409 e. The van der Waals surface area contributed by atoms with E-state index in [-0.39, 0.29) is 68.3 Å². The second kappa shape index (κ2) is 16.1. The van der Waals surface area contributed by atoms with Gasteiger partial charge in [-0.3, -0.25) is 14.4 Å². The zero-order chi connectivity index (χ0) is 34.1. The molecule has 0 spiro atoms. The van der Waals surface area contributed by atoms with Crippen LogP contribution in [0, 0.1) is 11.7 Å². The van der Waals surface area contributed by atoms with Gasteiger partial charge in [0.15, 0.2) is 5.82 Å². The van der Waals surface area contributed by atoms with Crippen LogP contribution in [0.5, 0.6) is 0 Å². The van der Waals surface area contributed by atoms with E-state index in [9.17, 15) is 23.6 Å². The van der Waals surface area contributed by atoms with E-state index in [2.05, 4.69) is 15.3 Å². The molecule has 13 heteroatoms. The number of rotatable bonds is 13. The Labute approximate surface area is 275 Å². The van der Waals surface area contributed by atoms with E-state index in [1.165, 1.54) is 12.1 Å². The zero-order valence-electron chi connectivity index (χ0n) is 27.9. The van der Waals surface area contributed by atoms with Crippen LogP contribution in [0.3, 0.4) is 0 Å². The topological polar surface area (TPSA) is 140 Å². The lowest BCUT2D eigenvalue weighted by molar-refractivity contribution is -0.155. The van der Waals surface area contributed by atoms with Gasteiger partial charge in [0, 0.05) is 63.5 Å². The second-order valence-electron chi connectivity index (χ2n) is 13.0. The molecule has 1 aliphatic carbocycles. The van der Waals surface area contributed by atoms with E-state index >= 15 is 0 Å². The van der Waals surface area contributed by atoms with Crippen LogP contribution >= 0.6 is 0 Å². The standard InChI is InChI=1S/C34H46FN5O7/c1-6-7-18-46-33(44)40-16-14-39(15-17-40)32(43)26(12-13-29(41)47-34(2,3)4)38-31(42)28-20-27(25-19-23(25)21-45-5)36-30(37-28)22-8-10-24(35)11-9-22/h8-11,20,23,25-26H,6-7,12-19,21H2,1-5H3,(H,38,42)/t23-,25+,26?/m1/s1. The molecule has 12 nitrogen and oxygen atoms in total. The summed E-state index contributed by atoms with van der Waals surface area (Å²) in [6.45, 7) is 9.22. The summed E-state index contributed by atoms with van der Waals surface area (Å²) in [7, 11) is 1.63. The van der Waals surface area contributed by atoms with Gasteiger partial charge in [0.05, 0.1) is 6.61 Å². The number of halogens is 1. The fraction of sp³-hybridized carbons (Fsp3) is 0.588. The number of aromatic nitrogens is 2. The first-order chi connectivity index (χ1) is 22.4. The van der Waals surface area contributed by atoms with Crippen molar-refractivity contribution in [3.63, 3.8) is 0 Å². The monoisotopic (exact) mass is 655 g/mol. The van der Waals surface area contributed by atoms with Crippen LogP contribution in [-0.2, 0) is 23.8 Å². The van der Waals surface area contributed by atoms with Crippen LogP contribution in [-0.4, -0.2) is 102 Å². The predicted octanol–water partition coefficient (Wildman–Crippen LogP) is 4.33. The highest BCUT2D eigenvalue weighted by molar-refractivity contribution is 5.96. The quantitative estimate of drug-likeness (QED) is 0.247. The Bertz CT molecular complexity index is 1410. The van der Waals surface area contributed by atoms with Crippen molar-refractivity contribution in [2.45, 2.75) is 77.4 Å². The van der Waals surface area contributed by atoms with E-state index < -0.39 is 35.4 Å². The number of benzene rings is 1. The zero-order valence-corrected chi connectivity index (χ0v) is 27.9. The number of hydrogen-bond acceptors (Lipinski definition) is 9.